The van der Waals surface area contributed by atoms with E-state index < -0.39 is 10.0 Å². The molecule has 2 aliphatic rings. The predicted molar refractivity (Wildman–Crippen MR) is 98.4 cm³/mol. The Morgan fingerprint density at radius 3 is 2.69 bits per heavy atom. The standard InChI is InChI=1S/C17H24N4O3S2/c1-12-16(13(2)24-19-12)26(22,23)21-7-4-17(5-8-21)10-14(17)20(3)11-15-18-6-9-25-15/h6,9,14H,4-5,7-8,10-11H2,1-3H3. The van der Waals surface area contributed by atoms with Crippen molar-refractivity contribution in [3.05, 3.63) is 28.0 Å². The summed E-state index contributed by atoms with van der Waals surface area (Å²) in [6.07, 6.45) is 4.80. The predicted octanol–water partition coefficient (Wildman–Crippen LogP) is 2.42. The van der Waals surface area contributed by atoms with Gasteiger partial charge < -0.3 is 4.52 Å². The highest BCUT2D eigenvalue weighted by molar-refractivity contribution is 7.89. The second kappa shape index (κ2) is 6.40. The SMILES string of the molecule is Cc1noc(C)c1S(=O)(=O)N1CCC2(CC1)CC2N(C)Cc1nccs1. The van der Waals surface area contributed by atoms with Gasteiger partial charge >= 0.3 is 0 Å². The second-order valence-corrected chi connectivity index (χ2v) is 10.3. The summed E-state index contributed by atoms with van der Waals surface area (Å²) in [5.41, 5.74) is 0.701. The summed E-state index contributed by atoms with van der Waals surface area (Å²) in [5.74, 6) is 0.371. The van der Waals surface area contributed by atoms with Gasteiger partial charge in [-0.05, 0) is 45.6 Å². The van der Waals surface area contributed by atoms with E-state index in [-0.39, 0.29) is 10.3 Å². The first kappa shape index (κ1) is 18.1. The fraction of sp³-hybridized carbons (Fsp3) is 0.647. The van der Waals surface area contributed by atoms with Crippen LogP contribution in [0.15, 0.2) is 21.0 Å². The number of hydrogen-bond acceptors (Lipinski definition) is 7. The van der Waals surface area contributed by atoms with Crippen molar-refractivity contribution in [3.8, 4) is 0 Å². The molecule has 9 heteroatoms. The van der Waals surface area contributed by atoms with Crippen LogP contribution in [0.1, 0.15) is 35.7 Å². The van der Waals surface area contributed by atoms with Crippen molar-refractivity contribution in [2.45, 2.75) is 50.6 Å². The zero-order valence-corrected chi connectivity index (χ0v) is 16.9. The number of piperidine rings is 1. The Kier molecular flexibility index (Phi) is 4.45. The molecule has 0 amide bonds. The zero-order valence-electron chi connectivity index (χ0n) is 15.3. The van der Waals surface area contributed by atoms with Crippen molar-refractivity contribution in [1.82, 2.24) is 19.3 Å². The molecule has 4 rings (SSSR count). The van der Waals surface area contributed by atoms with E-state index in [1.807, 2.05) is 11.6 Å². The molecule has 1 saturated carbocycles. The maximum absolute atomic E-state index is 13.0. The highest BCUT2D eigenvalue weighted by atomic mass is 32.2. The van der Waals surface area contributed by atoms with Crippen LogP contribution in [0.25, 0.3) is 0 Å². The average Bonchev–Trinajstić information content (AvgIpc) is 2.93. The monoisotopic (exact) mass is 396 g/mol. The van der Waals surface area contributed by atoms with E-state index in [0.717, 1.165) is 30.8 Å². The Morgan fingerprint density at radius 1 is 1.38 bits per heavy atom. The number of hydrogen-bond donors (Lipinski definition) is 0. The van der Waals surface area contributed by atoms with Crippen molar-refractivity contribution in [2.24, 2.45) is 5.41 Å². The average molecular weight is 397 g/mol. The third-order valence-corrected chi connectivity index (χ3v) is 8.74. The maximum atomic E-state index is 13.0. The summed E-state index contributed by atoms with van der Waals surface area (Å²) in [6.45, 7) is 5.33. The van der Waals surface area contributed by atoms with E-state index in [1.165, 1.54) is 0 Å². The molecule has 0 N–H and O–H groups in total. The lowest BCUT2D eigenvalue weighted by atomic mass is 9.93. The van der Waals surface area contributed by atoms with Crippen LogP contribution in [0.2, 0.25) is 0 Å². The number of aryl methyl sites for hydroxylation is 2. The Hall–Kier alpha value is -1.29. The summed E-state index contributed by atoms with van der Waals surface area (Å²) >= 11 is 1.68. The smallest absolute Gasteiger partial charge is 0.248 e. The molecule has 1 unspecified atom stereocenters. The first-order valence-corrected chi connectivity index (χ1v) is 11.2. The lowest BCUT2D eigenvalue weighted by Gasteiger charge is -2.33. The van der Waals surface area contributed by atoms with Gasteiger partial charge in [-0.3, -0.25) is 4.90 Å². The molecule has 0 radical (unpaired) electrons. The fourth-order valence-electron chi connectivity index (χ4n) is 4.29. The largest absolute Gasteiger partial charge is 0.360 e. The van der Waals surface area contributed by atoms with E-state index in [0.29, 0.717) is 30.6 Å². The van der Waals surface area contributed by atoms with Gasteiger partial charge in [-0.15, -0.1) is 11.3 Å². The number of aromatic nitrogens is 2. The first-order valence-electron chi connectivity index (χ1n) is 8.85. The molecule has 1 saturated heterocycles. The molecule has 1 aliphatic carbocycles. The molecule has 3 heterocycles. The van der Waals surface area contributed by atoms with Gasteiger partial charge in [0.15, 0.2) is 5.76 Å². The Labute approximate surface area is 158 Å². The normalized spacial score (nSPS) is 23.0. The van der Waals surface area contributed by atoms with Crippen molar-refractivity contribution < 1.29 is 12.9 Å². The third-order valence-electron chi connectivity index (χ3n) is 5.83. The van der Waals surface area contributed by atoms with Crippen LogP contribution < -0.4 is 0 Å². The number of thiazole rings is 1. The molecule has 1 atom stereocenters. The highest BCUT2D eigenvalue weighted by Crippen LogP contribution is 2.57. The Bertz CT molecular complexity index is 864. The zero-order chi connectivity index (χ0) is 18.5. The van der Waals surface area contributed by atoms with Crippen molar-refractivity contribution in [1.29, 1.82) is 0 Å². The van der Waals surface area contributed by atoms with Crippen molar-refractivity contribution >= 4 is 21.4 Å². The highest BCUT2D eigenvalue weighted by Gasteiger charge is 2.57. The molecule has 2 aromatic rings. The molecule has 26 heavy (non-hydrogen) atoms. The maximum Gasteiger partial charge on any atom is 0.248 e. The summed E-state index contributed by atoms with van der Waals surface area (Å²) in [5, 5.41) is 6.93. The number of sulfonamides is 1. The molecule has 1 spiro atoms. The van der Waals surface area contributed by atoms with Crippen molar-refractivity contribution in [3.63, 3.8) is 0 Å². The second-order valence-electron chi connectivity index (χ2n) is 7.48. The van der Waals surface area contributed by atoms with E-state index in [2.05, 4.69) is 22.1 Å². The van der Waals surface area contributed by atoms with Crippen LogP contribution >= 0.6 is 11.3 Å². The van der Waals surface area contributed by atoms with Gasteiger partial charge in [0.1, 0.15) is 15.6 Å². The van der Waals surface area contributed by atoms with Gasteiger partial charge in [0, 0.05) is 30.7 Å². The number of nitrogens with zero attached hydrogens (tertiary/aromatic N) is 4. The summed E-state index contributed by atoms with van der Waals surface area (Å²) in [6, 6.07) is 0.523. The van der Waals surface area contributed by atoms with Crippen LogP contribution in [0.4, 0.5) is 0 Å². The third kappa shape index (κ3) is 3.00. The lowest BCUT2D eigenvalue weighted by Crippen LogP contribution is -2.41. The van der Waals surface area contributed by atoms with Gasteiger partial charge in [0.2, 0.25) is 10.0 Å². The molecule has 7 nitrogen and oxygen atoms in total. The van der Waals surface area contributed by atoms with E-state index in [9.17, 15) is 8.42 Å². The minimum absolute atomic E-state index is 0.238. The van der Waals surface area contributed by atoms with E-state index in [1.54, 1.807) is 29.5 Å². The van der Waals surface area contributed by atoms with Gasteiger partial charge in [0.25, 0.3) is 0 Å². The Balaban J connectivity index is 1.41. The van der Waals surface area contributed by atoms with Crippen molar-refractivity contribution in [2.75, 3.05) is 20.1 Å². The van der Waals surface area contributed by atoms with Crippen LogP contribution in [-0.2, 0) is 16.6 Å². The topological polar surface area (TPSA) is 79.5 Å². The lowest BCUT2D eigenvalue weighted by molar-refractivity contribution is 0.196. The summed E-state index contributed by atoms with van der Waals surface area (Å²) in [4.78, 5) is 6.97. The first-order chi connectivity index (χ1) is 12.3. The fourth-order valence-corrected chi connectivity index (χ4v) is 6.70. The van der Waals surface area contributed by atoms with Crippen LogP contribution in [0.5, 0.6) is 0 Å². The van der Waals surface area contributed by atoms with Gasteiger partial charge in [-0.1, -0.05) is 5.16 Å². The van der Waals surface area contributed by atoms with Gasteiger partial charge in [0.05, 0.1) is 6.54 Å². The summed E-state index contributed by atoms with van der Waals surface area (Å²) in [7, 11) is -1.38. The van der Waals surface area contributed by atoms with Gasteiger partial charge in [-0.2, -0.15) is 4.31 Å². The summed E-state index contributed by atoms with van der Waals surface area (Å²) < 4.78 is 32.6. The number of rotatable bonds is 5. The van der Waals surface area contributed by atoms with Crippen LogP contribution in [0, 0.1) is 19.3 Å². The van der Waals surface area contributed by atoms with E-state index >= 15 is 0 Å². The molecular weight excluding hydrogens is 372 g/mol. The molecule has 0 bridgehead atoms. The molecule has 142 valence electrons. The van der Waals surface area contributed by atoms with Crippen LogP contribution in [-0.4, -0.2) is 53.9 Å². The Morgan fingerprint density at radius 2 is 2.12 bits per heavy atom. The van der Waals surface area contributed by atoms with Crippen LogP contribution in [0.3, 0.4) is 0 Å². The molecule has 2 fully saturated rings. The minimum Gasteiger partial charge on any atom is -0.360 e. The molecule has 2 aromatic heterocycles. The molecule has 0 aromatic carbocycles. The quantitative estimate of drug-likeness (QED) is 0.772. The van der Waals surface area contributed by atoms with Gasteiger partial charge in [-0.25, -0.2) is 13.4 Å². The van der Waals surface area contributed by atoms with E-state index in [4.69, 9.17) is 4.52 Å². The molecular formula is C17H24N4O3S2. The molecule has 1 aliphatic heterocycles. The minimum atomic E-state index is -3.53.